The fourth-order valence-electron chi connectivity index (χ4n) is 2.04. The van der Waals surface area contributed by atoms with Crippen LogP contribution in [-0.2, 0) is 7.05 Å². The van der Waals surface area contributed by atoms with Crippen LogP contribution in [0.3, 0.4) is 0 Å². The Morgan fingerprint density at radius 1 is 1.17 bits per heavy atom. The zero-order chi connectivity index (χ0) is 12.5. The fourth-order valence-corrected chi connectivity index (χ4v) is 2.04. The summed E-state index contributed by atoms with van der Waals surface area (Å²) >= 11 is 0. The van der Waals surface area contributed by atoms with E-state index in [-0.39, 0.29) is 0 Å². The van der Waals surface area contributed by atoms with Gasteiger partial charge in [0.2, 0.25) is 0 Å². The van der Waals surface area contributed by atoms with Crippen LogP contribution in [0.25, 0.3) is 28.5 Å². The molecule has 0 bridgehead atoms. The van der Waals surface area contributed by atoms with Crippen LogP contribution in [0.4, 0.5) is 0 Å². The third kappa shape index (κ3) is 1.61. The van der Waals surface area contributed by atoms with Crippen LogP contribution in [0.2, 0.25) is 0 Å². The molecule has 0 N–H and O–H groups in total. The zero-order valence-electron chi connectivity index (χ0n) is 10.2. The number of para-hydroxylation sites is 1. The van der Waals surface area contributed by atoms with Crippen molar-refractivity contribution in [2.75, 3.05) is 0 Å². The summed E-state index contributed by atoms with van der Waals surface area (Å²) in [7, 11) is 1.97. The molecule has 0 amide bonds. The van der Waals surface area contributed by atoms with Crippen molar-refractivity contribution in [1.82, 2.24) is 14.5 Å². The molecule has 1 aromatic carbocycles. The van der Waals surface area contributed by atoms with Crippen LogP contribution in [0.1, 0.15) is 5.69 Å². The number of nitrogens with zero attached hydrogens (tertiary/aromatic N) is 3. The van der Waals surface area contributed by atoms with Gasteiger partial charge < -0.3 is 4.57 Å². The van der Waals surface area contributed by atoms with Gasteiger partial charge in [0, 0.05) is 12.4 Å². The highest BCUT2D eigenvalue weighted by molar-refractivity contribution is 5.80. The van der Waals surface area contributed by atoms with E-state index in [4.69, 9.17) is 0 Å². The van der Waals surface area contributed by atoms with Gasteiger partial charge in [-0.2, -0.15) is 0 Å². The first kappa shape index (κ1) is 10.7. The Kier molecular flexibility index (Phi) is 2.45. The van der Waals surface area contributed by atoms with Gasteiger partial charge in [0.25, 0.3) is 0 Å². The van der Waals surface area contributed by atoms with Crippen molar-refractivity contribution in [2.45, 2.75) is 0 Å². The van der Waals surface area contributed by atoms with Gasteiger partial charge in [-0.3, -0.25) is 0 Å². The van der Waals surface area contributed by atoms with Gasteiger partial charge in [0.05, 0.1) is 17.4 Å². The summed E-state index contributed by atoms with van der Waals surface area (Å²) in [6, 6.07) is 12.1. The topological polar surface area (TPSA) is 30.7 Å². The largest absolute Gasteiger partial charge is 0.326 e. The summed E-state index contributed by atoms with van der Waals surface area (Å²) < 4.78 is 1.99. The van der Waals surface area contributed by atoms with Crippen molar-refractivity contribution < 1.29 is 0 Å². The Hall–Kier alpha value is -2.42. The summed E-state index contributed by atoms with van der Waals surface area (Å²) in [5.41, 5.74) is 2.85. The first-order valence-electron chi connectivity index (χ1n) is 5.80. The van der Waals surface area contributed by atoms with E-state index >= 15 is 0 Å². The maximum absolute atomic E-state index is 4.64. The molecule has 0 saturated heterocycles. The van der Waals surface area contributed by atoms with Crippen LogP contribution in [0.15, 0.2) is 49.2 Å². The number of benzene rings is 1. The third-order valence-corrected chi connectivity index (χ3v) is 3.06. The van der Waals surface area contributed by atoms with Crippen LogP contribution in [0.5, 0.6) is 0 Å². The predicted molar refractivity (Wildman–Crippen MR) is 74.0 cm³/mol. The van der Waals surface area contributed by atoms with Gasteiger partial charge in [0.15, 0.2) is 5.82 Å². The maximum Gasteiger partial charge on any atom is 0.158 e. The normalized spacial score (nSPS) is 10.7. The lowest BCUT2D eigenvalue weighted by atomic mass is 10.2. The van der Waals surface area contributed by atoms with E-state index in [0.717, 1.165) is 28.1 Å². The van der Waals surface area contributed by atoms with E-state index in [1.165, 1.54) is 0 Å². The number of hydrogen-bond donors (Lipinski definition) is 0. The third-order valence-electron chi connectivity index (χ3n) is 3.06. The lowest BCUT2D eigenvalue weighted by Gasteiger charge is -2.04. The van der Waals surface area contributed by atoms with Crippen molar-refractivity contribution in [2.24, 2.45) is 7.05 Å². The molecular formula is C15H13N3. The van der Waals surface area contributed by atoms with Gasteiger partial charge in [-0.1, -0.05) is 30.8 Å². The molecule has 3 rings (SSSR count). The average molecular weight is 235 g/mol. The Labute approximate surface area is 105 Å². The van der Waals surface area contributed by atoms with Crippen molar-refractivity contribution in [3.8, 4) is 11.5 Å². The fraction of sp³-hybridized carbons (Fsp3) is 0.0667. The maximum atomic E-state index is 4.64. The van der Waals surface area contributed by atoms with E-state index in [1.807, 2.05) is 35.9 Å². The minimum Gasteiger partial charge on any atom is -0.326 e. The second-order valence-electron chi connectivity index (χ2n) is 4.16. The molecule has 3 heteroatoms. The molecule has 2 aromatic heterocycles. The molecule has 18 heavy (non-hydrogen) atoms. The number of imidazole rings is 1. The van der Waals surface area contributed by atoms with Gasteiger partial charge in [-0.05, 0) is 18.2 Å². The lowest BCUT2D eigenvalue weighted by Crippen LogP contribution is -1.96. The van der Waals surface area contributed by atoms with Crippen molar-refractivity contribution in [3.63, 3.8) is 0 Å². The molecule has 2 heterocycles. The Morgan fingerprint density at radius 2 is 2.00 bits per heavy atom. The molecule has 88 valence electrons. The first-order chi connectivity index (χ1) is 8.79. The first-order valence-corrected chi connectivity index (χ1v) is 5.80. The minimum atomic E-state index is 0.857. The monoisotopic (exact) mass is 235 g/mol. The highest BCUT2D eigenvalue weighted by Crippen LogP contribution is 2.20. The highest BCUT2D eigenvalue weighted by Gasteiger charge is 2.08. The standard InChI is InChI=1S/C15H13N3/c1-3-12-10-16-15(18(12)2)14-9-8-11-6-4-5-7-13(11)17-14/h3-10H,1H2,2H3. The van der Waals surface area contributed by atoms with Crippen molar-refractivity contribution >= 4 is 17.0 Å². The van der Waals surface area contributed by atoms with Crippen molar-refractivity contribution in [1.29, 1.82) is 0 Å². The SMILES string of the molecule is C=Cc1cnc(-c2ccc3ccccc3n2)n1C. The second-order valence-corrected chi connectivity index (χ2v) is 4.16. The number of rotatable bonds is 2. The van der Waals surface area contributed by atoms with E-state index < -0.39 is 0 Å². The number of hydrogen-bond acceptors (Lipinski definition) is 2. The summed E-state index contributed by atoms with van der Waals surface area (Å²) in [4.78, 5) is 9.03. The quantitative estimate of drug-likeness (QED) is 0.682. The molecule has 0 unspecified atom stereocenters. The van der Waals surface area contributed by atoms with E-state index in [1.54, 1.807) is 12.3 Å². The van der Waals surface area contributed by atoms with Crippen LogP contribution in [0, 0.1) is 0 Å². The van der Waals surface area contributed by atoms with Gasteiger partial charge in [-0.25, -0.2) is 9.97 Å². The number of pyridine rings is 1. The summed E-state index contributed by atoms with van der Waals surface area (Å²) in [5.74, 6) is 0.857. The second kappa shape index (κ2) is 4.11. The predicted octanol–water partition coefficient (Wildman–Crippen LogP) is 3.28. The zero-order valence-corrected chi connectivity index (χ0v) is 10.2. The molecule has 3 nitrogen and oxygen atoms in total. The molecular weight excluding hydrogens is 222 g/mol. The molecule has 0 aliphatic carbocycles. The summed E-state index contributed by atoms with van der Waals surface area (Å²) in [6.07, 6.45) is 3.59. The lowest BCUT2D eigenvalue weighted by molar-refractivity contribution is 0.908. The van der Waals surface area contributed by atoms with Gasteiger partial charge in [-0.15, -0.1) is 0 Å². The van der Waals surface area contributed by atoms with Gasteiger partial charge in [0.1, 0.15) is 5.69 Å². The molecule has 0 aliphatic rings. The summed E-state index contributed by atoms with van der Waals surface area (Å²) in [6.45, 7) is 3.77. The molecule has 0 spiro atoms. The minimum absolute atomic E-state index is 0.857. The average Bonchev–Trinajstić information content (AvgIpc) is 2.79. The molecule has 0 aliphatic heterocycles. The molecule has 0 radical (unpaired) electrons. The van der Waals surface area contributed by atoms with E-state index in [9.17, 15) is 0 Å². The van der Waals surface area contributed by atoms with E-state index in [0.29, 0.717) is 0 Å². The molecule has 0 fully saturated rings. The van der Waals surface area contributed by atoms with Crippen LogP contribution in [-0.4, -0.2) is 14.5 Å². The number of aromatic nitrogens is 3. The molecule has 0 atom stereocenters. The molecule has 3 aromatic rings. The Morgan fingerprint density at radius 3 is 2.78 bits per heavy atom. The Balaban J connectivity index is 2.19. The van der Waals surface area contributed by atoms with Crippen molar-refractivity contribution in [3.05, 3.63) is 54.9 Å². The van der Waals surface area contributed by atoms with Crippen LogP contribution < -0.4 is 0 Å². The van der Waals surface area contributed by atoms with Crippen LogP contribution >= 0.6 is 0 Å². The van der Waals surface area contributed by atoms with Gasteiger partial charge >= 0.3 is 0 Å². The smallest absolute Gasteiger partial charge is 0.158 e. The van der Waals surface area contributed by atoms with E-state index in [2.05, 4.69) is 28.7 Å². The Bertz CT molecular complexity index is 725. The summed E-state index contributed by atoms with van der Waals surface area (Å²) in [5, 5.41) is 1.14. The number of fused-ring (bicyclic) bond motifs is 1. The molecule has 0 saturated carbocycles. The highest BCUT2D eigenvalue weighted by atomic mass is 15.1.